The molecular formula is C18H18N8. The van der Waals surface area contributed by atoms with Crippen LogP contribution in [0.4, 0.5) is 11.5 Å². The fourth-order valence-corrected chi connectivity index (χ4v) is 3.42. The molecule has 1 aromatic carbocycles. The summed E-state index contributed by atoms with van der Waals surface area (Å²) in [5, 5.41) is 13.9. The van der Waals surface area contributed by atoms with Crippen molar-refractivity contribution in [3.05, 3.63) is 48.7 Å². The third-order valence-electron chi connectivity index (χ3n) is 4.86. The highest BCUT2D eigenvalue weighted by Gasteiger charge is 2.19. The fraction of sp³-hybridized carbons (Fsp3) is 0.278. The van der Waals surface area contributed by atoms with Crippen molar-refractivity contribution in [2.24, 2.45) is 0 Å². The van der Waals surface area contributed by atoms with Gasteiger partial charge in [-0.3, -0.25) is 0 Å². The first-order valence-electron chi connectivity index (χ1n) is 8.67. The predicted octanol–water partition coefficient (Wildman–Crippen LogP) is 1.70. The molecule has 1 aliphatic rings. The van der Waals surface area contributed by atoms with Gasteiger partial charge in [-0.15, -0.1) is 15.3 Å². The molecule has 0 aliphatic carbocycles. The van der Waals surface area contributed by atoms with Gasteiger partial charge >= 0.3 is 0 Å². The molecule has 8 heteroatoms. The highest BCUT2D eigenvalue weighted by Crippen LogP contribution is 2.23. The van der Waals surface area contributed by atoms with Gasteiger partial charge in [-0.25, -0.2) is 9.97 Å². The third-order valence-corrected chi connectivity index (χ3v) is 4.86. The van der Waals surface area contributed by atoms with Crippen LogP contribution < -0.4 is 9.80 Å². The van der Waals surface area contributed by atoms with Crippen LogP contribution in [0.15, 0.2) is 42.9 Å². The van der Waals surface area contributed by atoms with Crippen molar-refractivity contribution in [2.75, 3.05) is 36.0 Å². The molecule has 8 nitrogen and oxygen atoms in total. The Kier molecular flexibility index (Phi) is 3.41. The lowest BCUT2D eigenvalue weighted by Gasteiger charge is -2.36. The average Bonchev–Trinajstić information content (AvgIpc) is 3.08. The Morgan fingerprint density at radius 1 is 0.923 bits per heavy atom. The van der Waals surface area contributed by atoms with Crippen LogP contribution in [-0.4, -0.2) is 56.0 Å². The first-order valence-corrected chi connectivity index (χ1v) is 8.67. The van der Waals surface area contributed by atoms with Crippen molar-refractivity contribution in [3.8, 4) is 0 Å². The molecule has 0 N–H and O–H groups in total. The Balaban J connectivity index is 1.35. The molecule has 1 fully saturated rings. The molecule has 0 saturated carbocycles. The van der Waals surface area contributed by atoms with Crippen LogP contribution in [0.5, 0.6) is 0 Å². The zero-order valence-electron chi connectivity index (χ0n) is 14.4. The number of hydrogen-bond acceptors (Lipinski definition) is 7. The highest BCUT2D eigenvalue weighted by atomic mass is 15.4. The lowest BCUT2D eigenvalue weighted by molar-refractivity contribution is 0.641. The average molecular weight is 346 g/mol. The second kappa shape index (κ2) is 5.91. The van der Waals surface area contributed by atoms with Crippen LogP contribution in [0.25, 0.3) is 16.6 Å². The van der Waals surface area contributed by atoms with Crippen LogP contribution >= 0.6 is 0 Å². The van der Waals surface area contributed by atoms with Crippen LogP contribution in [0.1, 0.15) is 5.82 Å². The number of aromatic nitrogens is 6. The lowest BCUT2D eigenvalue weighted by Crippen LogP contribution is -2.47. The maximum atomic E-state index is 4.68. The van der Waals surface area contributed by atoms with Crippen molar-refractivity contribution in [1.82, 2.24) is 29.8 Å². The molecule has 4 aromatic rings. The van der Waals surface area contributed by atoms with Gasteiger partial charge in [-0.2, -0.15) is 4.52 Å². The van der Waals surface area contributed by atoms with Gasteiger partial charge in [0.1, 0.15) is 12.1 Å². The summed E-state index contributed by atoms with van der Waals surface area (Å²) in [6.07, 6.45) is 3.45. The van der Waals surface area contributed by atoms with E-state index in [1.54, 1.807) is 10.8 Å². The predicted molar refractivity (Wildman–Crippen MR) is 99.5 cm³/mol. The second-order valence-corrected chi connectivity index (χ2v) is 6.45. The van der Waals surface area contributed by atoms with Gasteiger partial charge in [-0.05, 0) is 37.3 Å². The summed E-state index contributed by atoms with van der Waals surface area (Å²) in [6, 6.07) is 10.3. The number of anilines is 2. The first kappa shape index (κ1) is 15.0. The number of rotatable bonds is 2. The summed E-state index contributed by atoms with van der Waals surface area (Å²) >= 11 is 0. The standard InChI is InChI=1S/C18H18N8/c1-13-21-22-17-4-5-18(23-26(13)17)25-8-6-24(7-9-25)15-2-3-16-14(10-15)11-19-12-20-16/h2-5,10-12H,6-9H2,1H3. The van der Waals surface area contributed by atoms with E-state index in [0.29, 0.717) is 0 Å². The molecule has 1 saturated heterocycles. The van der Waals surface area contributed by atoms with E-state index in [0.717, 1.165) is 54.4 Å². The largest absolute Gasteiger partial charge is 0.368 e. The first-order chi connectivity index (χ1) is 12.8. The maximum Gasteiger partial charge on any atom is 0.178 e. The van der Waals surface area contributed by atoms with Crippen LogP contribution in [0.3, 0.4) is 0 Å². The Morgan fingerprint density at radius 3 is 2.65 bits per heavy atom. The number of benzene rings is 1. The molecule has 130 valence electrons. The van der Waals surface area contributed by atoms with Gasteiger partial charge in [0.05, 0.1) is 5.52 Å². The molecule has 0 spiro atoms. The van der Waals surface area contributed by atoms with Gasteiger partial charge in [-0.1, -0.05) is 0 Å². The zero-order valence-corrected chi connectivity index (χ0v) is 14.4. The quantitative estimate of drug-likeness (QED) is 0.547. The minimum absolute atomic E-state index is 0.781. The van der Waals surface area contributed by atoms with Gasteiger partial charge in [0.25, 0.3) is 0 Å². The van der Waals surface area contributed by atoms with Crippen LogP contribution in [-0.2, 0) is 0 Å². The van der Waals surface area contributed by atoms with Gasteiger partial charge in [0.15, 0.2) is 11.5 Å². The van der Waals surface area contributed by atoms with Gasteiger partial charge < -0.3 is 9.80 Å². The number of aryl methyl sites for hydroxylation is 1. The minimum atomic E-state index is 0.781. The summed E-state index contributed by atoms with van der Waals surface area (Å²) in [5.41, 5.74) is 2.97. The van der Waals surface area contributed by atoms with Crippen molar-refractivity contribution in [3.63, 3.8) is 0 Å². The van der Waals surface area contributed by atoms with Crippen molar-refractivity contribution in [2.45, 2.75) is 6.92 Å². The smallest absolute Gasteiger partial charge is 0.178 e. The van der Waals surface area contributed by atoms with Gasteiger partial charge in [0, 0.05) is 43.4 Å². The topological polar surface area (TPSA) is 75.3 Å². The summed E-state index contributed by atoms with van der Waals surface area (Å²) in [4.78, 5) is 13.1. The number of nitrogens with zero attached hydrogens (tertiary/aromatic N) is 8. The van der Waals surface area contributed by atoms with E-state index in [4.69, 9.17) is 0 Å². The molecule has 3 aromatic heterocycles. The van der Waals surface area contributed by atoms with Gasteiger partial charge in [0.2, 0.25) is 0 Å². The molecule has 1 aliphatic heterocycles. The molecule has 26 heavy (non-hydrogen) atoms. The third kappa shape index (κ3) is 2.50. The van der Waals surface area contributed by atoms with Crippen molar-refractivity contribution in [1.29, 1.82) is 0 Å². The Bertz CT molecular complexity index is 1080. The molecule has 0 radical (unpaired) electrons. The summed E-state index contributed by atoms with van der Waals surface area (Å²) in [6.45, 7) is 5.64. The van der Waals surface area contributed by atoms with Crippen molar-refractivity contribution >= 4 is 28.1 Å². The number of fused-ring (bicyclic) bond motifs is 2. The van der Waals surface area contributed by atoms with E-state index in [2.05, 4.69) is 53.3 Å². The van der Waals surface area contributed by atoms with E-state index < -0.39 is 0 Å². The van der Waals surface area contributed by atoms with Crippen LogP contribution in [0, 0.1) is 6.92 Å². The Hall–Kier alpha value is -3.29. The summed E-state index contributed by atoms with van der Waals surface area (Å²) < 4.78 is 1.80. The normalized spacial score (nSPS) is 15.1. The van der Waals surface area contributed by atoms with E-state index in [1.165, 1.54) is 5.69 Å². The zero-order chi connectivity index (χ0) is 17.5. The molecular weight excluding hydrogens is 328 g/mol. The maximum absolute atomic E-state index is 4.68. The highest BCUT2D eigenvalue weighted by molar-refractivity contribution is 5.81. The molecule has 0 bridgehead atoms. The van der Waals surface area contributed by atoms with E-state index in [-0.39, 0.29) is 0 Å². The molecule has 0 atom stereocenters. The molecule has 5 rings (SSSR count). The summed E-state index contributed by atoms with van der Waals surface area (Å²) in [5.74, 6) is 1.77. The number of hydrogen-bond donors (Lipinski definition) is 0. The fourth-order valence-electron chi connectivity index (χ4n) is 3.42. The number of piperazine rings is 1. The molecule has 0 unspecified atom stereocenters. The Morgan fingerprint density at radius 2 is 1.77 bits per heavy atom. The monoisotopic (exact) mass is 346 g/mol. The summed E-state index contributed by atoms with van der Waals surface area (Å²) in [7, 11) is 0. The SMILES string of the molecule is Cc1nnc2ccc(N3CCN(c4ccc5ncncc5c4)CC3)nn12. The van der Waals surface area contributed by atoms with E-state index in [1.807, 2.05) is 25.3 Å². The minimum Gasteiger partial charge on any atom is -0.368 e. The van der Waals surface area contributed by atoms with Crippen molar-refractivity contribution < 1.29 is 0 Å². The van der Waals surface area contributed by atoms with E-state index >= 15 is 0 Å². The molecule has 0 amide bonds. The molecule has 4 heterocycles. The van der Waals surface area contributed by atoms with Crippen LogP contribution in [0.2, 0.25) is 0 Å². The second-order valence-electron chi connectivity index (χ2n) is 6.45. The lowest BCUT2D eigenvalue weighted by atomic mass is 10.2. The Labute approximate surface area is 150 Å². The van der Waals surface area contributed by atoms with E-state index in [9.17, 15) is 0 Å².